The second-order valence-corrected chi connectivity index (χ2v) is 12.4. The summed E-state index contributed by atoms with van der Waals surface area (Å²) in [5, 5.41) is 43.1. The van der Waals surface area contributed by atoms with Gasteiger partial charge >= 0.3 is 0 Å². The molecular weight excluding hydrogens is 635 g/mol. The topological polar surface area (TPSA) is 102 Å². The molecule has 0 saturated carbocycles. The quantitative estimate of drug-likeness (QED) is 0.138. The molecular formula is C32H26Cl2N6O2S2. The van der Waals surface area contributed by atoms with Crippen LogP contribution in [0, 0.1) is 0 Å². The monoisotopic (exact) mass is 660 g/mol. The molecule has 0 fully saturated rings. The minimum absolute atomic E-state index is 0.165. The average Bonchev–Trinajstić information content (AvgIpc) is 3.69. The van der Waals surface area contributed by atoms with Crippen LogP contribution in [0.4, 0.5) is 0 Å². The Labute approximate surface area is 272 Å². The molecule has 12 heteroatoms. The van der Waals surface area contributed by atoms with E-state index in [0.717, 1.165) is 22.5 Å². The molecule has 0 radical (unpaired) electrons. The molecule has 44 heavy (non-hydrogen) atoms. The number of hydrogen-bond donors (Lipinski definition) is 2. The van der Waals surface area contributed by atoms with Crippen molar-refractivity contribution in [3.63, 3.8) is 0 Å². The minimum Gasteiger partial charge on any atom is -0.382 e. The summed E-state index contributed by atoms with van der Waals surface area (Å²) in [5.41, 5.74) is 3.37. The van der Waals surface area contributed by atoms with Crippen molar-refractivity contribution in [2.75, 3.05) is 0 Å². The minimum atomic E-state index is -1.48. The second-order valence-electron chi connectivity index (χ2n) is 9.67. The fourth-order valence-corrected chi connectivity index (χ4v) is 7.06. The lowest BCUT2D eigenvalue weighted by molar-refractivity contribution is 0.00399. The van der Waals surface area contributed by atoms with Crippen molar-refractivity contribution >= 4 is 46.7 Å². The van der Waals surface area contributed by atoms with E-state index in [1.54, 1.807) is 9.13 Å². The fraction of sp³-hybridized carbons (Fsp3) is 0.125. The molecule has 2 atom stereocenters. The third-order valence-electron chi connectivity index (χ3n) is 6.80. The number of aromatic nitrogens is 6. The number of halogens is 2. The first-order valence-corrected chi connectivity index (χ1v) is 16.3. The van der Waals surface area contributed by atoms with Gasteiger partial charge in [-0.1, -0.05) is 120 Å². The molecule has 222 valence electrons. The summed E-state index contributed by atoms with van der Waals surface area (Å²) in [6.07, 6.45) is -2.96. The van der Waals surface area contributed by atoms with Gasteiger partial charge in [0.2, 0.25) is 0 Å². The highest BCUT2D eigenvalue weighted by Gasteiger charge is 2.33. The zero-order valence-electron chi connectivity index (χ0n) is 23.1. The van der Waals surface area contributed by atoms with Gasteiger partial charge in [0.1, 0.15) is 12.2 Å². The Bertz CT molecular complexity index is 1720. The van der Waals surface area contributed by atoms with Gasteiger partial charge < -0.3 is 10.2 Å². The van der Waals surface area contributed by atoms with E-state index in [2.05, 4.69) is 20.4 Å². The number of aliphatic hydroxyl groups excluding tert-OH is 2. The molecule has 2 aromatic heterocycles. The fourth-order valence-electron chi connectivity index (χ4n) is 4.57. The van der Waals surface area contributed by atoms with Crippen LogP contribution in [-0.2, 0) is 11.5 Å². The van der Waals surface area contributed by atoms with E-state index in [1.165, 1.54) is 23.5 Å². The molecule has 8 nitrogen and oxygen atoms in total. The third-order valence-corrected chi connectivity index (χ3v) is 9.50. The van der Waals surface area contributed by atoms with Crippen molar-refractivity contribution in [1.29, 1.82) is 0 Å². The Morgan fingerprint density at radius 1 is 0.523 bits per heavy atom. The SMILES string of the molecule is O[C@H](c1nnc(SCc2ccccc2Cl)n1-c1ccccc1)[C@@H](O)c1nnc(SCc2ccccc2Cl)n1-c1ccccc1. The Kier molecular flexibility index (Phi) is 9.66. The van der Waals surface area contributed by atoms with Crippen LogP contribution >= 0.6 is 46.7 Å². The molecule has 2 heterocycles. The summed E-state index contributed by atoms with van der Waals surface area (Å²) in [4.78, 5) is 0. The predicted octanol–water partition coefficient (Wildman–Crippen LogP) is 7.51. The van der Waals surface area contributed by atoms with Gasteiger partial charge in [0.25, 0.3) is 0 Å². The van der Waals surface area contributed by atoms with Crippen molar-refractivity contribution in [2.45, 2.75) is 34.0 Å². The van der Waals surface area contributed by atoms with E-state index in [4.69, 9.17) is 23.2 Å². The first-order valence-electron chi connectivity index (χ1n) is 13.6. The highest BCUT2D eigenvalue weighted by Crippen LogP contribution is 2.36. The van der Waals surface area contributed by atoms with Gasteiger partial charge in [-0.05, 0) is 47.5 Å². The van der Waals surface area contributed by atoms with E-state index in [9.17, 15) is 10.2 Å². The van der Waals surface area contributed by atoms with Crippen LogP contribution in [0.15, 0.2) is 120 Å². The predicted molar refractivity (Wildman–Crippen MR) is 175 cm³/mol. The van der Waals surface area contributed by atoms with Crippen LogP contribution in [-0.4, -0.2) is 39.7 Å². The van der Waals surface area contributed by atoms with Gasteiger partial charge in [-0.25, -0.2) is 0 Å². The van der Waals surface area contributed by atoms with Crippen LogP contribution in [0.25, 0.3) is 11.4 Å². The summed E-state index contributed by atoms with van der Waals surface area (Å²) < 4.78 is 3.48. The van der Waals surface area contributed by atoms with Gasteiger partial charge in [0, 0.05) is 32.9 Å². The summed E-state index contributed by atoms with van der Waals surface area (Å²) in [7, 11) is 0. The molecule has 0 amide bonds. The Morgan fingerprint density at radius 2 is 0.886 bits per heavy atom. The first kappa shape index (κ1) is 30.4. The maximum absolute atomic E-state index is 11.6. The van der Waals surface area contributed by atoms with Crippen LogP contribution in [0.1, 0.15) is 35.0 Å². The second kappa shape index (κ2) is 14.0. The van der Waals surface area contributed by atoms with E-state index < -0.39 is 12.2 Å². The largest absolute Gasteiger partial charge is 0.382 e. The summed E-state index contributed by atoms with van der Waals surface area (Å²) in [5.74, 6) is 1.41. The first-order chi connectivity index (χ1) is 21.5. The van der Waals surface area contributed by atoms with Crippen molar-refractivity contribution < 1.29 is 10.2 Å². The number of para-hydroxylation sites is 2. The Morgan fingerprint density at radius 3 is 1.27 bits per heavy atom. The molecule has 0 spiro atoms. The number of thioether (sulfide) groups is 2. The van der Waals surface area contributed by atoms with Crippen LogP contribution < -0.4 is 0 Å². The molecule has 0 bridgehead atoms. The van der Waals surface area contributed by atoms with Crippen LogP contribution in [0.5, 0.6) is 0 Å². The normalized spacial score (nSPS) is 12.7. The van der Waals surface area contributed by atoms with Crippen molar-refractivity contribution in [3.8, 4) is 11.4 Å². The molecule has 0 unspecified atom stereocenters. The molecule has 6 aromatic rings. The average molecular weight is 662 g/mol. The van der Waals surface area contributed by atoms with Gasteiger partial charge in [-0.15, -0.1) is 20.4 Å². The van der Waals surface area contributed by atoms with Crippen LogP contribution in [0.2, 0.25) is 10.0 Å². The highest BCUT2D eigenvalue weighted by molar-refractivity contribution is 7.98. The summed E-state index contributed by atoms with van der Waals surface area (Å²) in [6.45, 7) is 0. The van der Waals surface area contributed by atoms with Crippen molar-refractivity contribution in [3.05, 3.63) is 142 Å². The van der Waals surface area contributed by atoms with Gasteiger partial charge in [-0.2, -0.15) is 0 Å². The lowest BCUT2D eigenvalue weighted by atomic mass is 10.1. The van der Waals surface area contributed by atoms with E-state index in [1.807, 2.05) is 109 Å². The number of hydrogen-bond acceptors (Lipinski definition) is 8. The van der Waals surface area contributed by atoms with Crippen molar-refractivity contribution in [1.82, 2.24) is 29.5 Å². The number of rotatable bonds is 11. The van der Waals surface area contributed by atoms with Crippen LogP contribution in [0.3, 0.4) is 0 Å². The molecule has 0 aliphatic heterocycles. The van der Waals surface area contributed by atoms with Crippen molar-refractivity contribution in [2.24, 2.45) is 0 Å². The van der Waals surface area contributed by atoms with Gasteiger partial charge in [0.05, 0.1) is 0 Å². The van der Waals surface area contributed by atoms with E-state index in [0.29, 0.717) is 31.9 Å². The molecule has 0 aliphatic carbocycles. The molecule has 0 saturated heterocycles. The van der Waals surface area contributed by atoms with Gasteiger partial charge in [-0.3, -0.25) is 9.13 Å². The lowest BCUT2D eigenvalue weighted by Gasteiger charge is -2.20. The standard InChI is InChI=1S/C32H26Cl2N6O2S2/c33-25-17-9-7-11-21(25)19-43-31-37-35-29(39(31)23-13-3-1-4-14-23)27(41)28(42)30-36-38-32(40(30)24-15-5-2-6-16-24)44-20-22-12-8-10-18-26(22)34/h1-18,27-28,41-42H,19-20H2/t27-,28+. The molecule has 2 N–H and O–H groups in total. The number of nitrogens with zero attached hydrogens (tertiary/aromatic N) is 6. The Hall–Kier alpha value is -3.64. The maximum Gasteiger partial charge on any atom is 0.196 e. The van der Waals surface area contributed by atoms with E-state index >= 15 is 0 Å². The smallest absolute Gasteiger partial charge is 0.196 e. The summed E-state index contributed by atoms with van der Waals surface area (Å²) in [6, 6.07) is 34.1. The lowest BCUT2D eigenvalue weighted by Crippen LogP contribution is -2.19. The molecule has 0 aliphatic rings. The zero-order chi connectivity index (χ0) is 30.5. The molecule has 6 rings (SSSR count). The Balaban J connectivity index is 1.34. The summed E-state index contributed by atoms with van der Waals surface area (Å²) >= 11 is 15.6. The number of aliphatic hydroxyl groups is 2. The van der Waals surface area contributed by atoms with Gasteiger partial charge in [0.15, 0.2) is 22.0 Å². The highest BCUT2D eigenvalue weighted by atomic mass is 35.5. The maximum atomic E-state index is 11.6. The number of benzene rings is 4. The van der Waals surface area contributed by atoms with E-state index in [-0.39, 0.29) is 11.6 Å². The molecule has 4 aromatic carbocycles. The third kappa shape index (κ3) is 6.56. The zero-order valence-corrected chi connectivity index (χ0v) is 26.3.